The van der Waals surface area contributed by atoms with Crippen molar-refractivity contribution in [1.82, 2.24) is 4.98 Å². The number of thiazole rings is 1. The molecule has 152 valence electrons. The summed E-state index contributed by atoms with van der Waals surface area (Å²) >= 11 is 1.09. The number of nitrogens with zero attached hydrogens (tertiary/aromatic N) is 1. The number of benzene rings is 3. The number of hydrogen-bond acceptors (Lipinski definition) is 6. The van der Waals surface area contributed by atoms with Gasteiger partial charge in [-0.05, 0) is 41.5 Å². The number of halogens is 2. The van der Waals surface area contributed by atoms with Crippen LogP contribution >= 0.6 is 11.3 Å². The molecule has 1 aromatic heterocycles. The minimum atomic E-state index is -2.00. The minimum Gasteiger partial charge on any atom is -0.465 e. The first kappa shape index (κ1) is 19.8. The van der Waals surface area contributed by atoms with Crippen LogP contribution in [-0.2, 0) is 4.74 Å². The number of carbonyl (C=O) groups is 1. The predicted octanol–water partition coefficient (Wildman–Crippen LogP) is 5.63. The molecule has 0 saturated carbocycles. The van der Waals surface area contributed by atoms with Gasteiger partial charge >= 0.3 is 12.5 Å². The third-order valence-corrected chi connectivity index (χ3v) is 5.26. The van der Waals surface area contributed by atoms with Crippen molar-refractivity contribution in [2.24, 2.45) is 0 Å². The van der Waals surface area contributed by atoms with Gasteiger partial charge in [-0.1, -0.05) is 47.7 Å². The topological polar surface area (TPSA) is 60.5 Å². The van der Waals surface area contributed by atoms with Gasteiger partial charge in [-0.3, -0.25) is 5.32 Å². The molecule has 0 aliphatic rings. The van der Waals surface area contributed by atoms with E-state index in [1.54, 1.807) is 12.1 Å². The van der Waals surface area contributed by atoms with Crippen LogP contribution in [0.15, 0.2) is 66.7 Å². The smallest absolute Gasteiger partial charge is 0.341 e. The van der Waals surface area contributed by atoms with E-state index in [1.807, 2.05) is 30.3 Å². The molecule has 0 spiro atoms. The van der Waals surface area contributed by atoms with Crippen LogP contribution in [0, 0.1) is 5.82 Å². The summed E-state index contributed by atoms with van der Waals surface area (Å²) in [6, 6.07) is 18.4. The maximum atomic E-state index is 14.7. The summed E-state index contributed by atoms with van der Waals surface area (Å²) in [4.78, 5) is 16.3. The number of ether oxygens (including phenoxy) is 2. The maximum Gasteiger partial charge on any atom is 0.341 e. The lowest BCUT2D eigenvalue weighted by Crippen LogP contribution is -2.22. The van der Waals surface area contributed by atoms with E-state index in [0.29, 0.717) is 10.2 Å². The quantitative estimate of drug-likeness (QED) is 0.246. The van der Waals surface area contributed by atoms with Crippen LogP contribution < -0.4 is 10.1 Å². The van der Waals surface area contributed by atoms with Crippen molar-refractivity contribution < 1.29 is 23.0 Å². The largest absolute Gasteiger partial charge is 0.465 e. The van der Waals surface area contributed by atoms with E-state index in [9.17, 15) is 13.6 Å². The Kier molecular flexibility index (Phi) is 5.58. The van der Waals surface area contributed by atoms with Gasteiger partial charge in [0.05, 0.1) is 17.3 Å². The Morgan fingerprint density at radius 1 is 1.07 bits per heavy atom. The Labute approximate surface area is 174 Å². The number of alkyl halides is 1. The van der Waals surface area contributed by atoms with Gasteiger partial charge in [0.15, 0.2) is 5.13 Å². The van der Waals surface area contributed by atoms with Gasteiger partial charge in [0.2, 0.25) is 0 Å². The first-order chi connectivity index (χ1) is 14.5. The third-order valence-electron chi connectivity index (χ3n) is 4.31. The number of esters is 1. The number of carbonyl (C=O) groups excluding carboxylic acids is 1. The van der Waals surface area contributed by atoms with Crippen LogP contribution in [0.2, 0.25) is 0 Å². The van der Waals surface area contributed by atoms with Crippen LogP contribution in [-0.4, -0.2) is 24.5 Å². The molecule has 0 aliphatic heterocycles. The molecule has 5 nitrogen and oxygen atoms in total. The highest BCUT2D eigenvalue weighted by Crippen LogP contribution is 2.30. The molecule has 0 saturated heterocycles. The second-order valence-corrected chi connectivity index (χ2v) is 7.31. The fourth-order valence-corrected chi connectivity index (χ4v) is 3.80. The second-order valence-electron chi connectivity index (χ2n) is 6.28. The molecular weight excluding hydrogens is 410 g/mol. The molecule has 0 amide bonds. The Hall–Kier alpha value is -3.52. The number of aromatic nitrogens is 1. The van der Waals surface area contributed by atoms with Gasteiger partial charge in [-0.2, -0.15) is 4.39 Å². The van der Waals surface area contributed by atoms with Gasteiger partial charge in [-0.15, -0.1) is 0 Å². The molecule has 1 unspecified atom stereocenters. The minimum absolute atomic E-state index is 0.0235. The average molecular weight is 426 g/mol. The number of fused-ring (bicyclic) bond motifs is 1. The monoisotopic (exact) mass is 426 g/mol. The van der Waals surface area contributed by atoms with Crippen LogP contribution in [0.3, 0.4) is 0 Å². The van der Waals surface area contributed by atoms with E-state index in [4.69, 9.17) is 9.47 Å². The number of rotatable bonds is 6. The Morgan fingerprint density at radius 3 is 2.63 bits per heavy atom. The normalized spacial score (nSPS) is 11.8. The molecule has 0 radical (unpaired) electrons. The molecule has 1 N–H and O–H groups in total. The lowest BCUT2D eigenvalue weighted by Gasteiger charge is -2.15. The summed E-state index contributed by atoms with van der Waals surface area (Å²) in [5.74, 6) is -1.02. The molecule has 1 heterocycles. The van der Waals surface area contributed by atoms with E-state index in [1.165, 1.54) is 31.4 Å². The van der Waals surface area contributed by atoms with Gasteiger partial charge in [0.1, 0.15) is 17.1 Å². The van der Waals surface area contributed by atoms with Crippen molar-refractivity contribution in [1.29, 1.82) is 0 Å². The van der Waals surface area contributed by atoms with Crippen LogP contribution in [0.5, 0.6) is 5.75 Å². The lowest BCUT2D eigenvalue weighted by molar-refractivity contribution is 0.0577. The van der Waals surface area contributed by atoms with E-state index in [0.717, 1.165) is 22.5 Å². The molecule has 0 bridgehead atoms. The van der Waals surface area contributed by atoms with Crippen molar-refractivity contribution in [2.75, 3.05) is 12.4 Å². The van der Waals surface area contributed by atoms with Crippen molar-refractivity contribution >= 4 is 32.7 Å². The molecule has 30 heavy (non-hydrogen) atoms. The first-order valence-electron chi connectivity index (χ1n) is 8.94. The first-order valence-corrected chi connectivity index (χ1v) is 9.76. The highest BCUT2D eigenvalue weighted by atomic mass is 32.1. The highest BCUT2D eigenvalue weighted by molar-refractivity contribution is 7.22. The van der Waals surface area contributed by atoms with E-state index in [-0.39, 0.29) is 16.4 Å². The fourth-order valence-electron chi connectivity index (χ4n) is 2.91. The molecule has 3 aromatic carbocycles. The molecule has 8 heteroatoms. The molecule has 0 fully saturated rings. The zero-order valence-corrected chi connectivity index (χ0v) is 16.6. The summed E-state index contributed by atoms with van der Waals surface area (Å²) in [6.45, 7) is -2.00. The lowest BCUT2D eigenvalue weighted by atomic mass is 10.0. The molecule has 0 aliphatic carbocycles. The van der Waals surface area contributed by atoms with Gasteiger partial charge in [0.25, 0.3) is 0 Å². The maximum absolute atomic E-state index is 14.7. The third kappa shape index (κ3) is 4.23. The Morgan fingerprint density at radius 2 is 1.87 bits per heavy atom. The number of anilines is 1. The Balaban J connectivity index is 1.59. The number of hydrogen-bond donors (Lipinski definition) is 1. The van der Waals surface area contributed by atoms with E-state index < -0.39 is 18.3 Å². The highest BCUT2D eigenvalue weighted by Gasteiger charge is 2.19. The summed E-state index contributed by atoms with van der Waals surface area (Å²) in [5, 5.41) is 2.71. The van der Waals surface area contributed by atoms with Gasteiger partial charge in [-0.25, -0.2) is 14.2 Å². The molecule has 4 aromatic rings. The SMILES string of the molecule is COC(=O)c1ccc(-c2ccccc2)cc1OC(F)Nc1nc2ccc(F)cc2s1. The second kappa shape index (κ2) is 8.46. The summed E-state index contributed by atoms with van der Waals surface area (Å²) in [7, 11) is 1.24. The van der Waals surface area contributed by atoms with E-state index >= 15 is 0 Å². The molecule has 4 rings (SSSR count). The summed E-state index contributed by atoms with van der Waals surface area (Å²) < 4.78 is 38.7. The number of methoxy groups -OCH3 is 1. The van der Waals surface area contributed by atoms with Gasteiger partial charge in [0, 0.05) is 0 Å². The van der Waals surface area contributed by atoms with Crippen molar-refractivity contribution in [2.45, 2.75) is 6.48 Å². The van der Waals surface area contributed by atoms with Crippen LogP contribution in [0.25, 0.3) is 21.3 Å². The fraction of sp³-hybridized carbons (Fsp3) is 0.0909. The van der Waals surface area contributed by atoms with Crippen LogP contribution in [0.1, 0.15) is 10.4 Å². The van der Waals surface area contributed by atoms with Gasteiger partial charge < -0.3 is 9.47 Å². The zero-order valence-electron chi connectivity index (χ0n) is 15.8. The molecular formula is C22H16F2N2O3S. The van der Waals surface area contributed by atoms with Crippen molar-refractivity contribution in [3.8, 4) is 16.9 Å². The molecule has 1 atom stereocenters. The standard InChI is InChI=1S/C22H16F2N2O3S/c1-28-20(27)16-9-7-14(13-5-3-2-4-6-13)11-18(16)29-21(24)26-22-25-17-10-8-15(23)12-19(17)30-22/h2-12,21H,1H3,(H,25,26). The zero-order chi connectivity index (χ0) is 21.1. The van der Waals surface area contributed by atoms with Crippen molar-refractivity contribution in [3.63, 3.8) is 0 Å². The average Bonchev–Trinajstić information content (AvgIpc) is 3.14. The summed E-state index contributed by atoms with van der Waals surface area (Å²) in [5.41, 5.74) is 2.27. The Bertz CT molecular complexity index is 1200. The van der Waals surface area contributed by atoms with Crippen molar-refractivity contribution in [3.05, 3.63) is 78.1 Å². The summed E-state index contributed by atoms with van der Waals surface area (Å²) in [6.07, 6.45) is 0. The van der Waals surface area contributed by atoms with E-state index in [2.05, 4.69) is 10.3 Å². The van der Waals surface area contributed by atoms with Crippen LogP contribution in [0.4, 0.5) is 13.9 Å². The predicted molar refractivity (Wildman–Crippen MR) is 112 cm³/mol. The number of nitrogens with one attached hydrogen (secondary N) is 1.